The van der Waals surface area contributed by atoms with E-state index in [4.69, 9.17) is 4.74 Å². The second-order valence-corrected chi connectivity index (χ2v) is 9.68. The fourth-order valence-electron chi connectivity index (χ4n) is 2.60. The van der Waals surface area contributed by atoms with Gasteiger partial charge < -0.3 is 4.74 Å². The van der Waals surface area contributed by atoms with Gasteiger partial charge >= 0.3 is 0 Å². The van der Waals surface area contributed by atoms with Gasteiger partial charge in [-0.3, -0.25) is 0 Å². The fourth-order valence-corrected chi connectivity index (χ4v) is 5.57. The molecule has 0 fully saturated rings. The van der Waals surface area contributed by atoms with Gasteiger partial charge in [0, 0.05) is 4.90 Å². The van der Waals surface area contributed by atoms with Crippen molar-refractivity contribution in [2.24, 2.45) is 0 Å². The summed E-state index contributed by atoms with van der Waals surface area (Å²) in [7, 11) is -3.40. The number of sulfone groups is 1. The number of hydrogen-bond acceptors (Lipinski definition) is 4. The highest BCUT2D eigenvalue weighted by Crippen LogP contribution is 2.27. The molecule has 140 valence electrons. The van der Waals surface area contributed by atoms with Crippen LogP contribution >= 0.6 is 11.8 Å². The van der Waals surface area contributed by atoms with E-state index < -0.39 is 9.84 Å². The van der Waals surface area contributed by atoms with Gasteiger partial charge in [0.2, 0.25) is 0 Å². The Balaban J connectivity index is 1.76. The normalized spacial score (nSPS) is 12.5. The van der Waals surface area contributed by atoms with Crippen LogP contribution in [-0.2, 0) is 9.84 Å². The van der Waals surface area contributed by atoms with E-state index >= 15 is 0 Å². The third kappa shape index (κ3) is 5.88. The Morgan fingerprint density at radius 3 is 2.07 bits per heavy atom. The van der Waals surface area contributed by atoms with Gasteiger partial charge in [-0.15, -0.1) is 11.8 Å². The number of hydrogen-bond donors (Lipinski definition) is 0. The second kappa shape index (κ2) is 9.11. The number of benzene rings is 3. The third-order valence-corrected chi connectivity index (χ3v) is 7.23. The van der Waals surface area contributed by atoms with Gasteiger partial charge in [-0.1, -0.05) is 54.1 Å². The maximum Gasteiger partial charge on any atom is 0.179 e. The zero-order valence-corrected chi connectivity index (χ0v) is 16.7. The molecule has 0 saturated carbocycles. The second-order valence-electron chi connectivity index (χ2n) is 6.27. The van der Waals surface area contributed by atoms with Gasteiger partial charge in [0.1, 0.15) is 12.4 Å². The molecular weight excluding hydrogens is 376 g/mol. The molecule has 3 rings (SSSR count). The summed E-state index contributed by atoms with van der Waals surface area (Å²) in [5, 5.41) is -0.223. The molecular formula is C22H22O3S2. The fraction of sp³-hybridized carbons (Fsp3) is 0.182. The molecule has 1 unspecified atom stereocenters. The van der Waals surface area contributed by atoms with Crippen LogP contribution in [0, 0.1) is 6.92 Å². The van der Waals surface area contributed by atoms with Crippen LogP contribution in [-0.4, -0.2) is 26.0 Å². The lowest BCUT2D eigenvalue weighted by Crippen LogP contribution is -2.25. The Labute approximate surface area is 165 Å². The molecule has 0 N–H and O–H groups in total. The minimum atomic E-state index is -3.40. The highest BCUT2D eigenvalue weighted by Gasteiger charge is 2.23. The highest BCUT2D eigenvalue weighted by molar-refractivity contribution is 8.01. The van der Waals surface area contributed by atoms with E-state index in [0.29, 0.717) is 11.5 Å². The molecule has 0 radical (unpaired) electrons. The molecule has 5 heteroatoms. The molecule has 3 nitrogen and oxygen atoms in total. The first-order valence-electron chi connectivity index (χ1n) is 8.72. The zero-order valence-electron chi connectivity index (χ0n) is 15.1. The summed E-state index contributed by atoms with van der Waals surface area (Å²) in [5.74, 6) is 0.756. The lowest BCUT2D eigenvalue weighted by atomic mass is 10.2. The van der Waals surface area contributed by atoms with Crippen molar-refractivity contribution in [1.29, 1.82) is 0 Å². The smallest absolute Gasteiger partial charge is 0.179 e. The van der Waals surface area contributed by atoms with Crippen molar-refractivity contribution in [3.05, 3.63) is 90.5 Å². The monoisotopic (exact) mass is 398 g/mol. The predicted molar refractivity (Wildman–Crippen MR) is 111 cm³/mol. The van der Waals surface area contributed by atoms with Crippen LogP contribution < -0.4 is 4.74 Å². The average molecular weight is 399 g/mol. The summed E-state index contributed by atoms with van der Waals surface area (Å²) in [6.45, 7) is 2.26. The molecule has 0 aromatic heterocycles. The van der Waals surface area contributed by atoms with E-state index in [9.17, 15) is 8.42 Å². The maximum atomic E-state index is 12.9. The quantitative estimate of drug-likeness (QED) is 0.500. The van der Waals surface area contributed by atoms with Crippen molar-refractivity contribution in [3.63, 3.8) is 0 Å². The first-order valence-corrected chi connectivity index (χ1v) is 11.2. The van der Waals surface area contributed by atoms with Gasteiger partial charge in [0.25, 0.3) is 0 Å². The SMILES string of the molecule is Cc1ccc(S(=O)(=O)CC(COc2ccccc2)Sc2ccccc2)cc1. The number of rotatable bonds is 8. The van der Waals surface area contributed by atoms with E-state index in [2.05, 4.69) is 0 Å². The minimum absolute atomic E-state index is 0.0163. The molecule has 0 aliphatic carbocycles. The largest absolute Gasteiger partial charge is 0.492 e. The Morgan fingerprint density at radius 1 is 0.852 bits per heavy atom. The molecule has 3 aromatic carbocycles. The van der Waals surface area contributed by atoms with E-state index in [0.717, 1.165) is 16.2 Å². The summed E-state index contributed by atoms with van der Waals surface area (Å²) in [4.78, 5) is 1.38. The summed E-state index contributed by atoms with van der Waals surface area (Å²) in [6, 6.07) is 26.3. The molecule has 0 spiro atoms. The molecule has 0 heterocycles. The van der Waals surface area contributed by atoms with Crippen molar-refractivity contribution >= 4 is 21.6 Å². The van der Waals surface area contributed by atoms with E-state index in [1.54, 1.807) is 12.1 Å². The van der Waals surface area contributed by atoms with E-state index in [1.807, 2.05) is 79.7 Å². The molecule has 27 heavy (non-hydrogen) atoms. The third-order valence-electron chi connectivity index (χ3n) is 4.01. The van der Waals surface area contributed by atoms with Crippen molar-refractivity contribution < 1.29 is 13.2 Å². The van der Waals surface area contributed by atoms with Crippen LogP contribution in [0.4, 0.5) is 0 Å². The molecule has 1 atom stereocenters. The predicted octanol–water partition coefficient (Wildman–Crippen LogP) is 5.01. The summed E-state index contributed by atoms with van der Waals surface area (Å²) in [6.07, 6.45) is 0. The minimum Gasteiger partial charge on any atom is -0.492 e. The number of aryl methyl sites for hydroxylation is 1. The lowest BCUT2D eigenvalue weighted by Gasteiger charge is -2.18. The Kier molecular flexibility index (Phi) is 6.58. The molecule has 0 aliphatic rings. The van der Waals surface area contributed by atoms with Crippen LogP contribution in [0.25, 0.3) is 0 Å². The standard InChI is InChI=1S/C22H22O3S2/c1-18-12-14-22(15-13-18)27(23,24)17-21(26-20-10-6-3-7-11-20)16-25-19-8-4-2-5-9-19/h2-15,21H,16-17H2,1H3. The Hall–Kier alpha value is -2.24. The van der Waals surface area contributed by atoms with Gasteiger partial charge in [-0.2, -0.15) is 0 Å². The average Bonchev–Trinajstić information content (AvgIpc) is 2.68. The molecule has 0 saturated heterocycles. The molecule has 0 amide bonds. The van der Waals surface area contributed by atoms with Gasteiger partial charge in [-0.25, -0.2) is 8.42 Å². The summed E-state index contributed by atoms with van der Waals surface area (Å²) < 4.78 is 31.6. The number of thioether (sulfide) groups is 1. The maximum absolute atomic E-state index is 12.9. The van der Waals surface area contributed by atoms with Gasteiger partial charge in [0.15, 0.2) is 9.84 Å². The van der Waals surface area contributed by atoms with Gasteiger partial charge in [0.05, 0.1) is 15.9 Å². The van der Waals surface area contributed by atoms with Crippen LogP contribution in [0.2, 0.25) is 0 Å². The topological polar surface area (TPSA) is 43.4 Å². The number of ether oxygens (including phenoxy) is 1. The van der Waals surface area contributed by atoms with E-state index in [-0.39, 0.29) is 11.0 Å². The number of para-hydroxylation sites is 1. The molecule has 3 aromatic rings. The Bertz CT molecular complexity index is 938. The van der Waals surface area contributed by atoms with E-state index in [1.165, 1.54) is 11.8 Å². The van der Waals surface area contributed by atoms with Crippen LogP contribution in [0.5, 0.6) is 5.75 Å². The zero-order chi connectivity index (χ0) is 19.1. The Morgan fingerprint density at radius 2 is 1.44 bits per heavy atom. The van der Waals surface area contributed by atoms with Crippen LogP contribution in [0.3, 0.4) is 0 Å². The summed E-state index contributed by atoms with van der Waals surface area (Å²) >= 11 is 1.53. The summed E-state index contributed by atoms with van der Waals surface area (Å²) in [5.41, 5.74) is 1.04. The first-order chi connectivity index (χ1) is 13.0. The molecule has 0 bridgehead atoms. The first kappa shape index (κ1) is 19.5. The van der Waals surface area contributed by atoms with Crippen LogP contribution in [0.1, 0.15) is 5.56 Å². The van der Waals surface area contributed by atoms with Crippen molar-refractivity contribution in [2.75, 3.05) is 12.4 Å². The molecule has 0 aliphatic heterocycles. The van der Waals surface area contributed by atoms with Crippen molar-refractivity contribution in [2.45, 2.75) is 22.0 Å². The lowest BCUT2D eigenvalue weighted by molar-refractivity contribution is 0.322. The highest BCUT2D eigenvalue weighted by atomic mass is 32.2. The van der Waals surface area contributed by atoms with Crippen molar-refractivity contribution in [3.8, 4) is 5.75 Å². The van der Waals surface area contributed by atoms with Crippen LogP contribution in [0.15, 0.2) is 94.7 Å². The van der Waals surface area contributed by atoms with Gasteiger partial charge in [-0.05, 0) is 43.3 Å². The van der Waals surface area contributed by atoms with Crippen molar-refractivity contribution in [1.82, 2.24) is 0 Å².